The van der Waals surface area contributed by atoms with Gasteiger partial charge in [0.1, 0.15) is 5.75 Å². The Balaban J connectivity index is 1.93. The number of halogens is 2. The van der Waals surface area contributed by atoms with Crippen molar-refractivity contribution in [3.05, 3.63) is 50.7 Å². The number of ether oxygens (including phenoxy) is 1. The minimum atomic E-state index is -2.98. The van der Waals surface area contributed by atoms with Gasteiger partial charge in [0.05, 0.1) is 6.54 Å². The van der Waals surface area contributed by atoms with Gasteiger partial charge >= 0.3 is 12.3 Å². The summed E-state index contributed by atoms with van der Waals surface area (Å²) in [5, 5.41) is 0. The highest BCUT2D eigenvalue weighted by molar-refractivity contribution is 5.75. The van der Waals surface area contributed by atoms with Gasteiger partial charge in [0.15, 0.2) is 11.2 Å². The van der Waals surface area contributed by atoms with E-state index in [9.17, 15) is 18.4 Å². The van der Waals surface area contributed by atoms with Gasteiger partial charge in [0, 0.05) is 38.8 Å². The molecular weight excluding hydrogens is 410 g/mol. The number of piperidine rings is 1. The lowest BCUT2D eigenvalue weighted by atomic mass is 10.1. The van der Waals surface area contributed by atoms with Crippen LogP contribution in [0.15, 0.2) is 33.9 Å². The summed E-state index contributed by atoms with van der Waals surface area (Å²) < 4.78 is 34.4. The molecule has 0 radical (unpaired) electrons. The van der Waals surface area contributed by atoms with Crippen LogP contribution >= 0.6 is 0 Å². The molecule has 1 fully saturated rings. The molecule has 31 heavy (non-hydrogen) atoms. The fraction of sp³-hybridized carbons (Fsp3) is 0.450. The van der Waals surface area contributed by atoms with E-state index in [4.69, 9.17) is 5.73 Å². The largest absolute Gasteiger partial charge is 0.434 e. The quantitative estimate of drug-likeness (QED) is 0.643. The summed E-state index contributed by atoms with van der Waals surface area (Å²) in [6.07, 6.45) is 1.73. The van der Waals surface area contributed by atoms with Gasteiger partial charge in [0.2, 0.25) is 5.95 Å². The number of imidazole rings is 1. The third kappa shape index (κ3) is 3.80. The van der Waals surface area contributed by atoms with Crippen LogP contribution in [0, 0.1) is 0 Å². The van der Waals surface area contributed by atoms with Crippen molar-refractivity contribution in [2.24, 2.45) is 19.8 Å². The second kappa shape index (κ2) is 8.14. The van der Waals surface area contributed by atoms with Crippen molar-refractivity contribution in [1.29, 1.82) is 0 Å². The van der Waals surface area contributed by atoms with E-state index in [0.717, 1.165) is 17.4 Å². The highest BCUT2D eigenvalue weighted by Crippen LogP contribution is 2.27. The van der Waals surface area contributed by atoms with Crippen LogP contribution in [0.1, 0.15) is 18.4 Å². The summed E-state index contributed by atoms with van der Waals surface area (Å²) in [5.74, 6) is 0.484. The summed E-state index contributed by atoms with van der Waals surface area (Å²) in [5.41, 5.74) is 6.04. The number of para-hydroxylation sites is 1. The molecule has 166 valence electrons. The van der Waals surface area contributed by atoms with E-state index in [-0.39, 0.29) is 29.5 Å². The van der Waals surface area contributed by atoms with Crippen molar-refractivity contribution in [1.82, 2.24) is 18.7 Å². The molecule has 0 saturated carbocycles. The van der Waals surface area contributed by atoms with Crippen LogP contribution in [0.5, 0.6) is 5.75 Å². The van der Waals surface area contributed by atoms with E-state index in [1.54, 1.807) is 29.8 Å². The molecule has 2 N–H and O–H groups in total. The average Bonchev–Trinajstić information content (AvgIpc) is 3.11. The first kappa shape index (κ1) is 21.0. The van der Waals surface area contributed by atoms with Gasteiger partial charge in [0.25, 0.3) is 5.56 Å². The van der Waals surface area contributed by atoms with Crippen molar-refractivity contribution in [3.8, 4) is 5.75 Å². The smallest absolute Gasteiger partial charge is 0.387 e. The van der Waals surface area contributed by atoms with Crippen molar-refractivity contribution in [2.45, 2.75) is 32.0 Å². The number of hydrogen-bond donors (Lipinski definition) is 1. The van der Waals surface area contributed by atoms with Crippen LogP contribution in [0.25, 0.3) is 11.2 Å². The number of nitrogens with two attached hydrogens (primary N) is 1. The Kier molecular flexibility index (Phi) is 5.52. The molecule has 0 aliphatic carbocycles. The molecule has 1 aliphatic heterocycles. The predicted molar refractivity (Wildman–Crippen MR) is 112 cm³/mol. The number of fused-ring (bicyclic) bond motifs is 1. The molecule has 1 unspecified atom stereocenters. The van der Waals surface area contributed by atoms with Crippen molar-refractivity contribution in [3.63, 3.8) is 0 Å². The van der Waals surface area contributed by atoms with Gasteiger partial charge in [-0.15, -0.1) is 0 Å². The molecule has 3 aromatic rings. The maximum absolute atomic E-state index is 13.0. The van der Waals surface area contributed by atoms with Gasteiger partial charge in [-0.3, -0.25) is 18.5 Å². The number of aryl methyl sites for hydroxylation is 1. The zero-order valence-corrected chi connectivity index (χ0v) is 17.3. The fourth-order valence-electron chi connectivity index (χ4n) is 4.03. The number of hydrogen-bond acceptors (Lipinski definition) is 6. The van der Waals surface area contributed by atoms with Crippen LogP contribution < -0.4 is 26.6 Å². The Morgan fingerprint density at radius 2 is 1.97 bits per heavy atom. The van der Waals surface area contributed by atoms with E-state index in [0.29, 0.717) is 24.6 Å². The third-order valence-electron chi connectivity index (χ3n) is 5.59. The lowest BCUT2D eigenvalue weighted by Gasteiger charge is -2.32. The van der Waals surface area contributed by atoms with E-state index < -0.39 is 17.9 Å². The van der Waals surface area contributed by atoms with Crippen LogP contribution in [-0.2, 0) is 20.6 Å². The van der Waals surface area contributed by atoms with Gasteiger partial charge in [-0.2, -0.15) is 13.8 Å². The molecule has 1 aromatic carbocycles. The SMILES string of the molecule is Cn1c(=O)c2c(nc(N3CCCC(N)C3)n2Cc2ccccc2OC(F)F)n(C)c1=O. The summed E-state index contributed by atoms with van der Waals surface area (Å²) in [6.45, 7) is -1.70. The Labute approximate surface area is 176 Å². The number of anilines is 1. The van der Waals surface area contributed by atoms with Crippen molar-refractivity contribution >= 4 is 17.1 Å². The van der Waals surface area contributed by atoms with Crippen molar-refractivity contribution < 1.29 is 13.5 Å². The third-order valence-corrected chi connectivity index (χ3v) is 5.59. The Hall–Kier alpha value is -3.21. The molecule has 1 atom stereocenters. The molecular formula is C20H24F2N6O3. The first-order chi connectivity index (χ1) is 14.8. The minimum absolute atomic E-state index is 0.0160. The zero-order valence-electron chi connectivity index (χ0n) is 17.3. The number of benzene rings is 1. The summed E-state index contributed by atoms with van der Waals surface area (Å²) >= 11 is 0. The molecule has 0 bridgehead atoms. The molecule has 2 aromatic heterocycles. The normalized spacial score (nSPS) is 17.0. The van der Waals surface area contributed by atoms with Crippen molar-refractivity contribution in [2.75, 3.05) is 18.0 Å². The van der Waals surface area contributed by atoms with Gasteiger partial charge in [-0.25, -0.2) is 4.79 Å². The fourth-order valence-corrected chi connectivity index (χ4v) is 4.03. The molecule has 11 heteroatoms. The predicted octanol–water partition coefficient (Wildman–Crippen LogP) is 1.01. The zero-order chi connectivity index (χ0) is 22.3. The van der Waals surface area contributed by atoms with E-state index in [1.165, 1.54) is 17.7 Å². The highest BCUT2D eigenvalue weighted by atomic mass is 19.3. The van der Waals surface area contributed by atoms with Gasteiger partial charge in [-0.1, -0.05) is 18.2 Å². The molecule has 0 spiro atoms. The van der Waals surface area contributed by atoms with E-state index in [2.05, 4.69) is 9.72 Å². The molecule has 0 amide bonds. The molecule has 4 rings (SSSR count). The van der Waals surface area contributed by atoms with Gasteiger partial charge in [-0.05, 0) is 18.9 Å². The first-order valence-electron chi connectivity index (χ1n) is 9.97. The number of rotatable bonds is 5. The lowest BCUT2D eigenvalue weighted by molar-refractivity contribution is -0.0504. The first-order valence-corrected chi connectivity index (χ1v) is 9.97. The summed E-state index contributed by atoms with van der Waals surface area (Å²) in [7, 11) is 2.94. The molecule has 1 saturated heterocycles. The van der Waals surface area contributed by atoms with E-state index >= 15 is 0 Å². The highest BCUT2D eigenvalue weighted by Gasteiger charge is 2.26. The topological polar surface area (TPSA) is 100 Å². The van der Waals surface area contributed by atoms with Crippen LogP contribution in [-0.4, -0.2) is 44.4 Å². The van der Waals surface area contributed by atoms with Gasteiger partial charge < -0.3 is 15.4 Å². The Bertz CT molecular complexity index is 1230. The second-order valence-corrected chi connectivity index (χ2v) is 7.71. The number of alkyl halides is 2. The van der Waals surface area contributed by atoms with Crippen LogP contribution in [0.3, 0.4) is 0 Å². The Morgan fingerprint density at radius 3 is 2.68 bits per heavy atom. The summed E-state index contributed by atoms with van der Waals surface area (Å²) in [4.78, 5) is 32.0. The van der Waals surface area contributed by atoms with E-state index in [1.807, 2.05) is 4.90 Å². The summed E-state index contributed by atoms with van der Waals surface area (Å²) in [6, 6.07) is 6.35. The maximum atomic E-state index is 13.0. The number of aromatic nitrogens is 4. The lowest BCUT2D eigenvalue weighted by Crippen LogP contribution is -2.44. The molecule has 1 aliphatic rings. The number of nitrogens with zero attached hydrogens (tertiary/aromatic N) is 5. The van der Waals surface area contributed by atoms with Crippen LogP contribution in [0.2, 0.25) is 0 Å². The average molecular weight is 434 g/mol. The second-order valence-electron chi connectivity index (χ2n) is 7.71. The minimum Gasteiger partial charge on any atom is -0.434 e. The maximum Gasteiger partial charge on any atom is 0.387 e. The van der Waals surface area contributed by atoms with Crippen LogP contribution in [0.4, 0.5) is 14.7 Å². The Morgan fingerprint density at radius 1 is 1.23 bits per heavy atom. The standard InChI is InChI=1S/C20H24F2N6O3/c1-25-16-15(17(29)26(2)20(25)30)28(19(24-16)27-9-5-7-13(23)11-27)10-12-6-3-4-8-14(12)31-18(21)22/h3-4,6,8,13,18H,5,7,9-11,23H2,1-2H3. The molecule has 9 nitrogen and oxygen atoms in total. The molecule has 3 heterocycles. The monoisotopic (exact) mass is 434 g/mol.